The third-order valence-electron chi connectivity index (χ3n) is 5.76. The molecule has 1 aliphatic carbocycles. The lowest BCUT2D eigenvalue weighted by Crippen LogP contribution is -2.35. The van der Waals surface area contributed by atoms with Crippen LogP contribution in [0.4, 0.5) is 0 Å². The first-order valence-electron chi connectivity index (χ1n) is 10.4. The van der Waals surface area contributed by atoms with Crippen molar-refractivity contribution >= 4 is 0 Å². The van der Waals surface area contributed by atoms with E-state index in [1.165, 1.54) is 38.5 Å². The third kappa shape index (κ3) is 5.11. The second kappa shape index (κ2) is 9.37. The van der Waals surface area contributed by atoms with Gasteiger partial charge in [0, 0.05) is 18.9 Å². The van der Waals surface area contributed by atoms with Crippen LogP contribution < -0.4 is 5.32 Å². The number of hydrogen-bond acceptors (Lipinski definition) is 6. The molecule has 1 saturated carbocycles. The molecule has 2 fully saturated rings. The summed E-state index contributed by atoms with van der Waals surface area (Å²) in [4.78, 5) is 9.02. The SMILES string of the molecule is c1cnc(C(CC2CCCCC2)n2cc(COC3CCCNC3)nn2)nc1. The number of aromatic nitrogens is 5. The third-order valence-corrected chi connectivity index (χ3v) is 5.76. The van der Waals surface area contributed by atoms with Crippen molar-refractivity contribution < 1.29 is 4.74 Å². The lowest BCUT2D eigenvalue weighted by Gasteiger charge is -2.25. The van der Waals surface area contributed by atoms with Crippen LogP contribution in [0.2, 0.25) is 0 Å². The lowest BCUT2D eigenvalue weighted by molar-refractivity contribution is 0.0236. The van der Waals surface area contributed by atoms with Gasteiger partial charge in [0.2, 0.25) is 0 Å². The van der Waals surface area contributed by atoms with Crippen molar-refractivity contribution in [1.29, 1.82) is 0 Å². The standard InChI is InChI=1S/C20H30N6O/c1-2-6-16(7-3-1)12-19(20-22-10-5-11-23-20)26-14-17(24-25-26)15-27-18-8-4-9-21-13-18/h5,10-11,14,16,18-19,21H,1-4,6-9,12-13,15H2. The van der Waals surface area contributed by atoms with Gasteiger partial charge in [0.1, 0.15) is 11.7 Å². The van der Waals surface area contributed by atoms with E-state index in [9.17, 15) is 0 Å². The molecule has 0 aromatic carbocycles. The molecule has 0 bridgehead atoms. The highest BCUT2D eigenvalue weighted by Gasteiger charge is 2.25. The Morgan fingerprint density at radius 3 is 2.74 bits per heavy atom. The van der Waals surface area contributed by atoms with Crippen molar-refractivity contribution in [2.45, 2.75) is 70.1 Å². The summed E-state index contributed by atoms with van der Waals surface area (Å²) in [5.41, 5.74) is 0.880. The average molecular weight is 371 g/mol. The van der Waals surface area contributed by atoms with Crippen LogP contribution in [0.1, 0.15) is 68.9 Å². The summed E-state index contributed by atoms with van der Waals surface area (Å²) >= 11 is 0. The molecule has 2 aromatic heterocycles. The van der Waals surface area contributed by atoms with Gasteiger partial charge in [-0.2, -0.15) is 0 Å². The van der Waals surface area contributed by atoms with Crippen LogP contribution in [0, 0.1) is 5.92 Å². The number of piperidine rings is 1. The predicted molar refractivity (Wildman–Crippen MR) is 102 cm³/mol. The number of ether oxygens (including phenoxy) is 1. The summed E-state index contributed by atoms with van der Waals surface area (Å²) in [6, 6.07) is 1.91. The molecule has 0 radical (unpaired) electrons. The van der Waals surface area contributed by atoms with E-state index in [4.69, 9.17) is 4.74 Å². The lowest BCUT2D eigenvalue weighted by atomic mass is 9.84. The molecule has 146 valence electrons. The Balaban J connectivity index is 1.43. The maximum absolute atomic E-state index is 6.01. The van der Waals surface area contributed by atoms with Crippen molar-refractivity contribution in [3.05, 3.63) is 36.2 Å². The Hall–Kier alpha value is -1.86. The summed E-state index contributed by atoms with van der Waals surface area (Å²) in [5, 5.41) is 12.1. The van der Waals surface area contributed by atoms with E-state index in [2.05, 4.69) is 25.6 Å². The molecule has 7 nitrogen and oxygen atoms in total. The number of nitrogens with zero attached hydrogens (tertiary/aromatic N) is 5. The molecule has 0 amide bonds. The molecule has 1 aliphatic heterocycles. The minimum Gasteiger partial charge on any atom is -0.370 e. The van der Waals surface area contributed by atoms with Crippen LogP contribution in [0.3, 0.4) is 0 Å². The maximum Gasteiger partial charge on any atom is 0.152 e. The smallest absolute Gasteiger partial charge is 0.152 e. The first kappa shape index (κ1) is 18.5. The zero-order valence-electron chi connectivity index (χ0n) is 16.0. The van der Waals surface area contributed by atoms with Crippen molar-refractivity contribution in [1.82, 2.24) is 30.3 Å². The number of nitrogens with one attached hydrogen (secondary N) is 1. The predicted octanol–water partition coefficient (Wildman–Crippen LogP) is 2.90. The van der Waals surface area contributed by atoms with Gasteiger partial charge < -0.3 is 10.1 Å². The largest absolute Gasteiger partial charge is 0.370 e. The van der Waals surface area contributed by atoms with Gasteiger partial charge in [-0.3, -0.25) is 0 Å². The highest BCUT2D eigenvalue weighted by atomic mass is 16.5. The molecule has 7 heteroatoms. The molecular formula is C20H30N6O. The van der Waals surface area contributed by atoms with Gasteiger partial charge in [0.15, 0.2) is 5.82 Å². The normalized spacial score (nSPS) is 22.6. The zero-order valence-corrected chi connectivity index (χ0v) is 16.0. The summed E-state index contributed by atoms with van der Waals surface area (Å²) in [7, 11) is 0. The molecule has 1 saturated heterocycles. The average Bonchev–Trinajstić information content (AvgIpc) is 3.21. The van der Waals surface area contributed by atoms with Crippen LogP contribution in [0.15, 0.2) is 24.7 Å². The fraction of sp³-hybridized carbons (Fsp3) is 0.700. The minimum atomic E-state index is 0.0481. The van der Waals surface area contributed by atoms with E-state index in [1.54, 1.807) is 0 Å². The highest BCUT2D eigenvalue weighted by Crippen LogP contribution is 2.32. The van der Waals surface area contributed by atoms with E-state index >= 15 is 0 Å². The van der Waals surface area contributed by atoms with Gasteiger partial charge in [-0.05, 0) is 37.8 Å². The number of rotatable bonds is 7. The van der Waals surface area contributed by atoms with Gasteiger partial charge in [-0.1, -0.05) is 37.3 Å². The van der Waals surface area contributed by atoms with Crippen LogP contribution in [0.5, 0.6) is 0 Å². The fourth-order valence-electron chi connectivity index (χ4n) is 4.25. The molecule has 0 spiro atoms. The molecule has 2 aromatic rings. The molecular weight excluding hydrogens is 340 g/mol. The van der Waals surface area contributed by atoms with Gasteiger partial charge in [-0.25, -0.2) is 14.6 Å². The van der Waals surface area contributed by atoms with Crippen molar-refractivity contribution in [3.63, 3.8) is 0 Å². The molecule has 2 aliphatic rings. The Kier molecular flexibility index (Phi) is 6.42. The fourth-order valence-corrected chi connectivity index (χ4v) is 4.25. The summed E-state index contributed by atoms with van der Waals surface area (Å²) in [6.45, 7) is 2.53. The molecule has 2 atom stereocenters. The Labute approximate surface area is 160 Å². The first-order chi connectivity index (χ1) is 13.4. The van der Waals surface area contributed by atoms with E-state index < -0.39 is 0 Å². The molecule has 3 heterocycles. The van der Waals surface area contributed by atoms with Gasteiger partial charge in [0.25, 0.3) is 0 Å². The maximum atomic E-state index is 6.01. The van der Waals surface area contributed by atoms with Crippen molar-refractivity contribution in [2.24, 2.45) is 5.92 Å². The van der Waals surface area contributed by atoms with E-state index in [-0.39, 0.29) is 12.1 Å². The van der Waals surface area contributed by atoms with Crippen molar-refractivity contribution in [2.75, 3.05) is 13.1 Å². The van der Waals surface area contributed by atoms with Gasteiger partial charge >= 0.3 is 0 Å². The first-order valence-corrected chi connectivity index (χ1v) is 10.4. The van der Waals surface area contributed by atoms with E-state index in [0.29, 0.717) is 12.5 Å². The van der Waals surface area contributed by atoms with Crippen molar-refractivity contribution in [3.8, 4) is 0 Å². The van der Waals surface area contributed by atoms with Crippen LogP contribution in [0.25, 0.3) is 0 Å². The monoisotopic (exact) mass is 370 g/mol. The van der Waals surface area contributed by atoms with E-state index in [0.717, 1.165) is 37.4 Å². The molecule has 2 unspecified atom stereocenters. The topological polar surface area (TPSA) is 77.8 Å². The summed E-state index contributed by atoms with van der Waals surface area (Å²) in [6.07, 6.45) is 15.8. The van der Waals surface area contributed by atoms with Crippen LogP contribution in [-0.2, 0) is 11.3 Å². The number of hydrogen-bond donors (Lipinski definition) is 1. The van der Waals surface area contributed by atoms with Crippen LogP contribution in [-0.4, -0.2) is 44.2 Å². The van der Waals surface area contributed by atoms with E-state index in [1.807, 2.05) is 29.3 Å². The summed E-state index contributed by atoms with van der Waals surface area (Å²) in [5.74, 6) is 1.54. The molecule has 4 rings (SSSR count). The Bertz CT molecular complexity index is 679. The summed E-state index contributed by atoms with van der Waals surface area (Å²) < 4.78 is 7.95. The minimum absolute atomic E-state index is 0.0481. The van der Waals surface area contributed by atoms with Gasteiger partial charge in [0.05, 0.1) is 18.9 Å². The Morgan fingerprint density at radius 2 is 1.96 bits per heavy atom. The van der Waals surface area contributed by atoms with Crippen LogP contribution >= 0.6 is 0 Å². The highest BCUT2D eigenvalue weighted by molar-refractivity contribution is 5.01. The quantitative estimate of drug-likeness (QED) is 0.807. The second-order valence-electron chi connectivity index (χ2n) is 7.83. The molecule has 1 N–H and O–H groups in total. The van der Waals surface area contributed by atoms with Gasteiger partial charge in [-0.15, -0.1) is 5.10 Å². The molecule has 27 heavy (non-hydrogen) atoms. The Morgan fingerprint density at radius 1 is 1.11 bits per heavy atom. The zero-order chi connectivity index (χ0) is 18.3. The second-order valence-corrected chi connectivity index (χ2v) is 7.83.